The van der Waals surface area contributed by atoms with E-state index in [9.17, 15) is 4.79 Å². The second-order valence-electron chi connectivity index (χ2n) is 6.60. The van der Waals surface area contributed by atoms with E-state index in [2.05, 4.69) is 34.9 Å². The summed E-state index contributed by atoms with van der Waals surface area (Å²) in [6.45, 7) is 1.48. The number of benzene rings is 2. The van der Waals surface area contributed by atoms with Gasteiger partial charge in [-0.25, -0.2) is 0 Å². The number of fused-ring (bicyclic) bond motifs is 1. The van der Waals surface area contributed by atoms with E-state index in [-0.39, 0.29) is 5.78 Å². The van der Waals surface area contributed by atoms with Gasteiger partial charge in [-0.2, -0.15) is 10.2 Å². The third-order valence-electron chi connectivity index (χ3n) is 4.39. The van der Waals surface area contributed by atoms with Crippen molar-refractivity contribution in [1.29, 1.82) is 0 Å². The first-order valence-electron chi connectivity index (χ1n) is 9.19. The van der Waals surface area contributed by atoms with Crippen LogP contribution in [0.15, 0.2) is 56.7 Å². The Morgan fingerprint density at radius 2 is 1.93 bits per heavy atom. The molecule has 1 unspecified atom stereocenters. The molecule has 2 aromatic carbocycles. The van der Waals surface area contributed by atoms with Gasteiger partial charge in [0.05, 0.1) is 10.7 Å². The summed E-state index contributed by atoms with van der Waals surface area (Å²) in [4.78, 5) is 16.1. The Morgan fingerprint density at radius 1 is 1.20 bits per heavy atom. The normalized spacial score (nSPS) is 15.9. The van der Waals surface area contributed by atoms with Gasteiger partial charge in [-0.3, -0.25) is 14.8 Å². The summed E-state index contributed by atoms with van der Waals surface area (Å²) in [7, 11) is 6.05. The Kier molecular flexibility index (Phi) is 7.08. The van der Waals surface area contributed by atoms with Crippen LogP contribution < -0.4 is 10.6 Å². The highest BCUT2D eigenvalue weighted by atomic mass is 35.5. The van der Waals surface area contributed by atoms with E-state index in [0.717, 1.165) is 16.6 Å². The van der Waals surface area contributed by atoms with Crippen molar-refractivity contribution in [3.63, 3.8) is 0 Å². The quantitative estimate of drug-likeness (QED) is 0.246. The number of hydrogen-bond donors (Lipinski definition) is 1. The van der Waals surface area contributed by atoms with Crippen LogP contribution in [0, 0.1) is 0 Å². The minimum absolute atomic E-state index is 0.111. The molecular weight excluding hydrogens is 419 g/mol. The predicted octanol–water partition coefficient (Wildman–Crippen LogP) is 3.39. The number of Topliss-reactive ketones (excluding diaryl/α,β-unsaturated/α-hetero) is 1. The van der Waals surface area contributed by atoms with Crippen LogP contribution in [-0.2, 0) is 6.42 Å². The minimum atomic E-state index is -0.111. The van der Waals surface area contributed by atoms with E-state index in [1.165, 1.54) is 18.3 Å². The lowest BCUT2D eigenvalue weighted by Gasteiger charge is -2.09. The van der Waals surface area contributed by atoms with Crippen LogP contribution in [0.2, 0.25) is 5.02 Å². The van der Waals surface area contributed by atoms with Crippen molar-refractivity contribution in [2.45, 2.75) is 13.3 Å². The maximum atomic E-state index is 11.8. The molecule has 1 N–H and O–H groups in total. The minimum Gasteiger partial charge on any atom is -0.338 e. The fraction of sp³-hybridized carbons (Fsp3) is 0.190. The molecule has 0 bridgehead atoms. The van der Waals surface area contributed by atoms with Gasteiger partial charge >= 0.3 is 0 Å². The molecule has 0 saturated heterocycles. The summed E-state index contributed by atoms with van der Waals surface area (Å²) < 4.78 is 0. The van der Waals surface area contributed by atoms with Gasteiger partial charge in [0.1, 0.15) is 12.1 Å². The molecule has 0 spiro atoms. The van der Waals surface area contributed by atoms with Crippen molar-refractivity contribution in [3.05, 3.63) is 58.1 Å². The monoisotopic (exact) mass is 440 g/mol. The van der Waals surface area contributed by atoms with Crippen LogP contribution in [0.4, 0.5) is 5.69 Å². The van der Waals surface area contributed by atoms with Crippen LogP contribution in [0.1, 0.15) is 28.4 Å². The van der Waals surface area contributed by atoms with Crippen molar-refractivity contribution in [3.8, 4) is 0 Å². The zero-order valence-corrected chi connectivity index (χ0v) is 18.8. The molecule has 154 valence electrons. The van der Waals surface area contributed by atoms with Crippen molar-refractivity contribution in [1.82, 2.24) is 5.01 Å². The molecular formula is C21H22ClN6OP. The van der Waals surface area contributed by atoms with E-state index >= 15 is 0 Å². The van der Waals surface area contributed by atoms with Crippen molar-refractivity contribution in [2.75, 3.05) is 19.4 Å². The molecule has 1 atom stereocenters. The Labute approximate surface area is 182 Å². The largest absolute Gasteiger partial charge is 0.338 e. The first kappa shape index (κ1) is 21.8. The SMILES string of the molecule is CN=C1Nc2ccc(C(C)=O)c(Cl)c2/C1=N/N(C)/C=N\N=C\Cc1ccc(P)cc1. The van der Waals surface area contributed by atoms with Crippen molar-refractivity contribution >= 4 is 61.7 Å². The third-order valence-corrected chi connectivity index (χ3v) is 5.17. The van der Waals surface area contributed by atoms with Crippen LogP contribution in [0.25, 0.3) is 0 Å². The number of nitrogens with zero attached hydrogens (tertiary/aromatic N) is 5. The van der Waals surface area contributed by atoms with Crippen LogP contribution in [0.5, 0.6) is 0 Å². The summed E-state index contributed by atoms with van der Waals surface area (Å²) in [6.07, 6.45) is 3.91. The molecule has 2 aromatic rings. The Morgan fingerprint density at radius 3 is 2.60 bits per heavy atom. The lowest BCUT2D eigenvalue weighted by Crippen LogP contribution is -2.20. The maximum Gasteiger partial charge on any atom is 0.161 e. The molecule has 1 aliphatic heterocycles. The number of carbonyl (C=O) groups excluding carboxylic acids is 1. The number of hydrazone groups is 1. The van der Waals surface area contributed by atoms with Gasteiger partial charge in [0.15, 0.2) is 11.6 Å². The van der Waals surface area contributed by atoms with Gasteiger partial charge in [-0.1, -0.05) is 35.9 Å². The summed E-state index contributed by atoms with van der Waals surface area (Å²) in [6, 6.07) is 11.7. The first-order chi connectivity index (χ1) is 14.4. The standard InChI is InChI=1S/C21H22ClN6OP/c1-13(29)16-8-9-17-18(19(16)22)20(21(23-2)26-17)27-28(3)12-25-24-11-10-14-4-6-15(30)7-5-14/h4-9,11-12H,10,30H2,1-3H3,(H,23,26,27)/b24-11+,25-12-. The van der Waals surface area contributed by atoms with Crippen molar-refractivity contribution in [2.24, 2.45) is 20.3 Å². The molecule has 0 aromatic heterocycles. The van der Waals surface area contributed by atoms with Crippen LogP contribution in [0.3, 0.4) is 0 Å². The fourth-order valence-corrected chi connectivity index (χ4v) is 3.46. The third kappa shape index (κ3) is 4.99. The molecule has 0 aliphatic carbocycles. The number of rotatable bonds is 6. The number of amidine groups is 1. The lowest BCUT2D eigenvalue weighted by atomic mass is 10.0. The highest BCUT2D eigenvalue weighted by molar-refractivity contribution is 7.27. The molecule has 1 heterocycles. The van der Waals surface area contributed by atoms with E-state index < -0.39 is 0 Å². The number of halogens is 1. The molecule has 30 heavy (non-hydrogen) atoms. The van der Waals surface area contributed by atoms with Crippen LogP contribution in [-0.4, -0.2) is 49.0 Å². The van der Waals surface area contributed by atoms with Gasteiger partial charge in [-0.15, -0.1) is 14.3 Å². The molecule has 1 aliphatic rings. The van der Waals surface area contributed by atoms with E-state index in [1.807, 2.05) is 24.3 Å². The molecule has 0 amide bonds. The number of hydrogen-bond acceptors (Lipinski definition) is 5. The highest BCUT2D eigenvalue weighted by Crippen LogP contribution is 2.33. The maximum absolute atomic E-state index is 11.8. The Bertz CT molecular complexity index is 1080. The number of anilines is 1. The fourth-order valence-electron chi connectivity index (χ4n) is 2.88. The second-order valence-corrected chi connectivity index (χ2v) is 7.64. The summed E-state index contributed by atoms with van der Waals surface area (Å²) in [5, 5.41) is 18.8. The number of carbonyl (C=O) groups is 1. The van der Waals surface area contributed by atoms with Crippen LogP contribution >= 0.6 is 20.8 Å². The first-order valence-corrected chi connectivity index (χ1v) is 10.1. The summed E-state index contributed by atoms with van der Waals surface area (Å²) >= 11 is 6.49. The smallest absolute Gasteiger partial charge is 0.161 e. The molecule has 0 radical (unpaired) electrons. The Hall–Kier alpha value is -2.89. The lowest BCUT2D eigenvalue weighted by molar-refractivity contribution is 0.101. The van der Waals surface area contributed by atoms with Gasteiger partial charge in [0, 0.05) is 37.9 Å². The molecule has 0 saturated carbocycles. The zero-order valence-electron chi connectivity index (χ0n) is 16.9. The zero-order chi connectivity index (χ0) is 21.7. The molecule has 3 rings (SSSR count). The number of aliphatic imine (C=N–C) groups is 1. The van der Waals surface area contributed by atoms with Gasteiger partial charge in [0.2, 0.25) is 0 Å². The molecule has 0 fully saturated rings. The average molecular weight is 441 g/mol. The van der Waals surface area contributed by atoms with Gasteiger partial charge < -0.3 is 5.32 Å². The Balaban J connectivity index is 1.76. The number of ketones is 1. The molecule has 7 nitrogen and oxygen atoms in total. The second kappa shape index (κ2) is 9.74. The van der Waals surface area contributed by atoms with Gasteiger partial charge in [0.25, 0.3) is 0 Å². The topological polar surface area (TPSA) is 81.8 Å². The summed E-state index contributed by atoms with van der Waals surface area (Å²) in [5.74, 6) is 0.453. The van der Waals surface area contributed by atoms with E-state index in [0.29, 0.717) is 34.1 Å². The molecule has 9 heteroatoms. The average Bonchev–Trinajstić information content (AvgIpc) is 3.07. The predicted molar refractivity (Wildman–Crippen MR) is 129 cm³/mol. The van der Waals surface area contributed by atoms with Crippen molar-refractivity contribution < 1.29 is 4.79 Å². The summed E-state index contributed by atoms with van der Waals surface area (Å²) in [5.41, 5.74) is 3.53. The van der Waals surface area contributed by atoms with Gasteiger partial charge in [-0.05, 0) is 29.9 Å². The highest BCUT2D eigenvalue weighted by Gasteiger charge is 2.29. The number of nitrogens with one attached hydrogen (secondary N) is 1. The van der Waals surface area contributed by atoms with E-state index in [4.69, 9.17) is 11.6 Å². The van der Waals surface area contributed by atoms with E-state index in [1.54, 1.807) is 32.4 Å².